The molecule has 0 N–H and O–H groups in total. The fourth-order valence-electron chi connectivity index (χ4n) is 2.02. The molecule has 0 aliphatic heterocycles. The summed E-state index contributed by atoms with van der Waals surface area (Å²) in [5.74, 6) is 0. The summed E-state index contributed by atoms with van der Waals surface area (Å²) in [6.45, 7) is 7.47. The van der Waals surface area contributed by atoms with E-state index in [2.05, 4.69) is 31.2 Å². The normalized spacial score (nSPS) is 14.0. The molecular formula is C28H35. The highest BCUT2D eigenvalue weighted by Crippen LogP contribution is 2.02. The summed E-state index contributed by atoms with van der Waals surface area (Å²) >= 11 is 0. The zero-order valence-electron chi connectivity index (χ0n) is 17.2. The minimum absolute atomic E-state index is 1.18. The molecule has 28 heavy (non-hydrogen) atoms. The molecule has 0 fully saturated rings. The van der Waals surface area contributed by atoms with Gasteiger partial charge in [0.2, 0.25) is 0 Å². The highest BCUT2D eigenvalue weighted by atomic mass is 13.9. The van der Waals surface area contributed by atoms with Crippen LogP contribution in [0.25, 0.3) is 0 Å². The van der Waals surface area contributed by atoms with Crippen molar-refractivity contribution in [3.05, 3.63) is 134 Å². The van der Waals surface area contributed by atoms with Crippen LogP contribution in [0.5, 0.6) is 0 Å². The molecule has 0 saturated carbocycles. The first-order valence-corrected chi connectivity index (χ1v) is 10.1. The Morgan fingerprint density at radius 1 is 0.429 bits per heavy atom. The number of allylic oxidation sites excluding steroid dienone is 21. The largest absolute Gasteiger partial charge is 0.0845 e. The van der Waals surface area contributed by atoms with Crippen LogP contribution in [-0.4, -0.2) is 0 Å². The second-order valence-corrected chi connectivity index (χ2v) is 5.93. The summed E-state index contributed by atoms with van der Waals surface area (Å²) in [4.78, 5) is 0. The Morgan fingerprint density at radius 3 is 1.14 bits per heavy atom. The third-order valence-corrected chi connectivity index (χ3v) is 3.47. The summed E-state index contributed by atoms with van der Waals surface area (Å²) < 4.78 is 0. The second kappa shape index (κ2) is 24.1. The van der Waals surface area contributed by atoms with Crippen molar-refractivity contribution in [3.63, 3.8) is 0 Å². The quantitative estimate of drug-likeness (QED) is 0.200. The van der Waals surface area contributed by atoms with Crippen molar-refractivity contribution in [1.29, 1.82) is 0 Å². The van der Waals surface area contributed by atoms with Gasteiger partial charge in [0.1, 0.15) is 0 Å². The van der Waals surface area contributed by atoms with Crippen molar-refractivity contribution in [2.45, 2.75) is 39.0 Å². The van der Waals surface area contributed by atoms with E-state index < -0.39 is 0 Å². The van der Waals surface area contributed by atoms with E-state index in [1.54, 1.807) is 6.08 Å². The summed E-state index contributed by atoms with van der Waals surface area (Å²) in [5, 5.41) is 0. The van der Waals surface area contributed by atoms with Crippen molar-refractivity contribution in [3.8, 4) is 0 Å². The zero-order chi connectivity index (χ0) is 20.4. The molecule has 0 atom stereocenters. The summed E-state index contributed by atoms with van der Waals surface area (Å²) in [6.07, 6.45) is 48.0. The van der Waals surface area contributed by atoms with E-state index in [-0.39, 0.29) is 0 Å². The van der Waals surface area contributed by atoms with Gasteiger partial charge in [0.05, 0.1) is 0 Å². The maximum Gasteiger partial charge on any atom is -0.0348 e. The molecule has 0 aliphatic rings. The second-order valence-electron chi connectivity index (χ2n) is 5.93. The maximum atomic E-state index is 5.22. The summed E-state index contributed by atoms with van der Waals surface area (Å²) in [6, 6.07) is 0. The van der Waals surface area contributed by atoms with E-state index >= 15 is 0 Å². The van der Waals surface area contributed by atoms with Crippen LogP contribution in [0.15, 0.2) is 128 Å². The van der Waals surface area contributed by atoms with Crippen LogP contribution in [-0.2, 0) is 0 Å². The Labute approximate surface area is 173 Å². The third kappa shape index (κ3) is 23.1. The SMILES string of the molecule is [CH]=CC=CC=CC=CC=CC=CC=CC=CC=CC=CC=CCCCCCC. The first-order valence-electron chi connectivity index (χ1n) is 10.1. The van der Waals surface area contributed by atoms with E-state index in [0.717, 1.165) is 0 Å². The molecule has 0 aliphatic carbocycles. The molecule has 1 radical (unpaired) electrons. The van der Waals surface area contributed by atoms with Gasteiger partial charge in [-0.2, -0.15) is 0 Å². The van der Waals surface area contributed by atoms with Crippen LogP contribution in [0, 0.1) is 6.58 Å². The highest BCUT2D eigenvalue weighted by Gasteiger charge is 1.82. The van der Waals surface area contributed by atoms with Gasteiger partial charge >= 0.3 is 0 Å². The Hall–Kier alpha value is -2.86. The Kier molecular flexibility index (Phi) is 21.7. The van der Waals surface area contributed by atoms with Crippen molar-refractivity contribution < 1.29 is 0 Å². The number of rotatable bonds is 15. The fourth-order valence-corrected chi connectivity index (χ4v) is 2.02. The number of hydrogen-bond acceptors (Lipinski definition) is 0. The van der Waals surface area contributed by atoms with Crippen molar-refractivity contribution >= 4 is 0 Å². The van der Waals surface area contributed by atoms with Crippen LogP contribution in [0.3, 0.4) is 0 Å². The lowest BCUT2D eigenvalue weighted by Crippen LogP contribution is -1.72. The number of unbranched alkanes of at least 4 members (excludes halogenated alkanes) is 4. The zero-order valence-corrected chi connectivity index (χ0v) is 17.2. The number of hydrogen-bond donors (Lipinski definition) is 0. The molecule has 0 aromatic heterocycles. The fraction of sp³-hybridized carbons (Fsp3) is 0.214. The van der Waals surface area contributed by atoms with E-state index in [1.807, 2.05) is 91.1 Å². The molecule has 0 saturated heterocycles. The van der Waals surface area contributed by atoms with E-state index in [9.17, 15) is 0 Å². The van der Waals surface area contributed by atoms with Crippen molar-refractivity contribution in [1.82, 2.24) is 0 Å². The Bertz CT molecular complexity index is 638. The Balaban J connectivity index is 3.82. The van der Waals surface area contributed by atoms with E-state index in [4.69, 9.17) is 6.58 Å². The highest BCUT2D eigenvalue weighted by molar-refractivity contribution is 5.22. The minimum atomic E-state index is 1.18. The average Bonchev–Trinajstić information content (AvgIpc) is 2.71. The summed E-state index contributed by atoms with van der Waals surface area (Å²) in [5.41, 5.74) is 0. The van der Waals surface area contributed by atoms with Crippen LogP contribution in [0.2, 0.25) is 0 Å². The molecule has 147 valence electrons. The molecule has 0 amide bonds. The molecule has 0 heteroatoms. The van der Waals surface area contributed by atoms with Crippen LogP contribution in [0.4, 0.5) is 0 Å². The van der Waals surface area contributed by atoms with Gasteiger partial charge in [-0.05, 0) is 12.8 Å². The van der Waals surface area contributed by atoms with Crippen molar-refractivity contribution in [2.75, 3.05) is 0 Å². The lowest BCUT2D eigenvalue weighted by atomic mass is 10.1. The molecule has 0 rings (SSSR count). The standard InChI is InChI=1S/C28H35/c1-3-5-7-9-11-13-15-17-19-21-23-25-27-28-26-24-22-20-18-16-14-12-10-8-6-4-2/h1,3,5,7,9,11,13-28H,4,6,8,10,12H2,2H3. The molecule has 0 nitrogen and oxygen atoms in total. The van der Waals surface area contributed by atoms with Gasteiger partial charge in [0.15, 0.2) is 0 Å². The molecule has 0 spiro atoms. The van der Waals surface area contributed by atoms with Crippen LogP contribution >= 0.6 is 0 Å². The monoisotopic (exact) mass is 371 g/mol. The minimum Gasteiger partial charge on any atom is -0.0845 e. The lowest BCUT2D eigenvalue weighted by Gasteiger charge is -1.92. The van der Waals surface area contributed by atoms with Gasteiger partial charge in [-0.25, -0.2) is 0 Å². The molecule has 0 bridgehead atoms. The molecular weight excluding hydrogens is 336 g/mol. The third-order valence-electron chi connectivity index (χ3n) is 3.47. The van der Waals surface area contributed by atoms with E-state index in [0.29, 0.717) is 0 Å². The summed E-state index contributed by atoms with van der Waals surface area (Å²) in [7, 11) is 0. The van der Waals surface area contributed by atoms with Crippen LogP contribution in [0.1, 0.15) is 39.0 Å². The topological polar surface area (TPSA) is 0 Å². The average molecular weight is 372 g/mol. The van der Waals surface area contributed by atoms with Gasteiger partial charge < -0.3 is 0 Å². The molecule has 0 heterocycles. The first-order chi connectivity index (χ1) is 13.9. The molecule has 0 unspecified atom stereocenters. The Morgan fingerprint density at radius 2 is 0.786 bits per heavy atom. The van der Waals surface area contributed by atoms with Gasteiger partial charge in [-0.3, -0.25) is 0 Å². The van der Waals surface area contributed by atoms with Gasteiger partial charge in [-0.1, -0.05) is 160 Å². The smallest absolute Gasteiger partial charge is 0.0348 e. The van der Waals surface area contributed by atoms with Gasteiger partial charge in [0, 0.05) is 0 Å². The predicted molar refractivity (Wildman–Crippen MR) is 129 cm³/mol. The first kappa shape index (κ1) is 25.1. The van der Waals surface area contributed by atoms with Gasteiger partial charge in [-0.15, -0.1) is 0 Å². The van der Waals surface area contributed by atoms with Crippen molar-refractivity contribution in [2.24, 2.45) is 0 Å². The van der Waals surface area contributed by atoms with Gasteiger partial charge in [0.25, 0.3) is 0 Å². The van der Waals surface area contributed by atoms with Crippen LogP contribution < -0.4 is 0 Å². The molecule has 0 aromatic carbocycles. The molecule has 0 aromatic rings. The lowest BCUT2D eigenvalue weighted by molar-refractivity contribution is 0.674. The predicted octanol–water partition coefficient (Wildman–Crippen LogP) is 8.51. The maximum absolute atomic E-state index is 5.22. The van der Waals surface area contributed by atoms with E-state index in [1.165, 1.54) is 38.2 Å².